The van der Waals surface area contributed by atoms with Gasteiger partial charge in [-0.15, -0.1) is 24.0 Å². The Labute approximate surface area is 168 Å². The lowest BCUT2D eigenvalue weighted by Crippen LogP contribution is -2.41. The van der Waals surface area contributed by atoms with E-state index in [1.165, 1.54) is 24.0 Å². The maximum atomic E-state index is 10.4. The summed E-state index contributed by atoms with van der Waals surface area (Å²) in [5, 5.41) is 13.8. The molecule has 140 valence electrons. The molecule has 0 bridgehead atoms. The molecule has 5 nitrogen and oxygen atoms in total. The monoisotopic (exact) mass is 458 g/mol. The number of fused-ring (bicyclic) bond motifs is 1. The van der Waals surface area contributed by atoms with E-state index in [2.05, 4.69) is 51.3 Å². The highest BCUT2D eigenvalue weighted by Crippen LogP contribution is 2.18. The number of nitrogens with one attached hydrogen (secondary N) is 1. The molecule has 0 aliphatic carbocycles. The minimum absolute atomic E-state index is 0. The highest BCUT2D eigenvalue weighted by atomic mass is 127. The number of aliphatic hydroxyl groups is 1. The third-order valence-electron chi connectivity index (χ3n) is 4.87. The highest BCUT2D eigenvalue weighted by Gasteiger charge is 2.19. The molecule has 2 aliphatic rings. The van der Waals surface area contributed by atoms with Gasteiger partial charge in [-0.05, 0) is 37.3 Å². The van der Waals surface area contributed by atoms with E-state index >= 15 is 0 Å². The van der Waals surface area contributed by atoms with Crippen LogP contribution in [-0.4, -0.2) is 66.2 Å². The molecule has 1 aromatic rings. The third kappa shape index (κ3) is 5.82. The van der Waals surface area contributed by atoms with Crippen LogP contribution in [-0.2, 0) is 13.0 Å². The van der Waals surface area contributed by atoms with Gasteiger partial charge in [0.1, 0.15) is 0 Å². The van der Waals surface area contributed by atoms with E-state index in [1.54, 1.807) is 0 Å². The van der Waals surface area contributed by atoms with Gasteiger partial charge in [-0.25, -0.2) is 0 Å². The summed E-state index contributed by atoms with van der Waals surface area (Å²) in [6.07, 6.45) is 3.13. The molecule has 0 aromatic heterocycles. The van der Waals surface area contributed by atoms with Crippen LogP contribution < -0.4 is 5.32 Å². The summed E-state index contributed by atoms with van der Waals surface area (Å²) in [5.41, 5.74) is 2.84. The van der Waals surface area contributed by atoms with Crippen molar-refractivity contribution >= 4 is 29.9 Å². The van der Waals surface area contributed by atoms with Gasteiger partial charge in [0.15, 0.2) is 5.96 Å². The van der Waals surface area contributed by atoms with Crippen LogP contribution in [0.25, 0.3) is 0 Å². The highest BCUT2D eigenvalue weighted by molar-refractivity contribution is 14.0. The minimum Gasteiger partial charge on any atom is -0.390 e. The van der Waals surface area contributed by atoms with Crippen LogP contribution in [0.3, 0.4) is 0 Å². The number of aliphatic hydroxyl groups excluding tert-OH is 1. The molecule has 1 unspecified atom stereocenters. The van der Waals surface area contributed by atoms with Crippen LogP contribution in [0.1, 0.15) is 30.9 Å². The first-order chi connectivity index (χ1) is 11.8. The smallest absolute Gasteiger partial charge is 0.194 e. The van der Waals surface area contributed by atoms with Crippen LogP contribution in [0.2, 0.25) is 0 Å². The molecule has 2 N–H and O–H groups in total. The lowest BCUT2D eigenvalue weighted by molar-refractivity contribution is 0.111. The fraction of sp³-hybridized carbons (Fsp3) is 0.632. The van der Waals surface area contributed by atoms with E-state index in [1.807, 2.05) is 0 Å². The first-order valence-corrected chi connectivity index (χ1v) is 9.26. The summed E-state index contributed by atoms with van der Waals surface area (Å²) in [7, 11) is 0. The molecule has 25 heavy (non-hydrogen) atoms. The second-order valence-corrected chi connectivity index (χ2v) is 6.80. The van der Waals surface area contributed by atoms with Gasteiger partial charge in [0.05, 0.1) is 12.6 Å². The molecule has 0 radical (unpaired) electrons. The van der Waals surface area contributed by atoms with Gasteiger partial charge in [-0.1, -0.05) is 24.3 Å². The zero-order valence-corrected chi connectivity index (χ0v) is 17.5. The van der Waals surface area contributed by atoms with Crippen molar-refractivity contribution in [1.82, 2.24) is 15.1 Å². The molecule has 0 spiro atoms. The van der Waals surface area contributed by atoms with E-state index in [0.717, 1.165) is 45.1 Å². The van der Waals surface area contributed by atoms with Gasteiger partial charge in [0.25, 0.3) is 0 Å². The van der Waals surface area contributed by atoms with Gasteiger partial charge in [0.2, 0.25) is 0 Å². The predicted octanol–water partition coefficient (Wildman–Crippen LogP) is 2.08. The summed E-state index contributed by atoms with van der Waals surface area (Å²) in [5.74, 6) is 0.957. The van der Waals surface area contributed by atoms with Gasteiger partial charge in [0, 0.05) is 39.3 Å². The Morgan fingerprint density at radius 2 is 1.92 bits per heavy atom. The van der Waals surface area contributed by atoms with Crippen molar-refractivity contribution in [3.05, 3.63) is 35.4 Å². The molecule has 1 fully saturated rings. The fourth-order valence-electron chi connectivity index (χ4n) is 3.61. The van der Waals surface area contributed by atoms with Crippen molar-refractivity contribution in [1.29, 1.82) is 0 Å². The number of rotatable bonds is 5. The van der Waals surface area contributed by atoms with Crippen molar-refractivity contribution in [2.24, 2.45) is 4.99 Å². The van der Waals surface area contributed by atoms with E-state index in [0.29, 0.717) is 13.1 Å². The number of benzene rings is 1. The Balaban J connectivity index is 0.00000225. The average molecular weight is 458 g/mol. The largest absolute Gasteiger partial charge is 0.390 e. The van der Waals surface area contributed by atoms with Gasteiger partial charge in [-0.3, -0.25) is 9.89 Å². The van der Waals surface area contributed by atoms with E-state index in [9.17, 15) is 5.11 Å². The van der Waals surface area contributed by atoms with Crippen LogP contribution in [0.5, 0.6) is 0 Å². The van der Waals surface area contributed by atoms with Crippen molar-refractivity contribution < 1.29 is 5.11 Å². The Morgan fingerprint density at radius 1 is 1.20 bits per heavy atom. The standard InChI is InChI=1S/C19H30N4O.HI/c1-2-20-19(23-10-5-6-11-23)21-13-18(24)15-22-12-9-16-7-3-4-8-17(16)14-22;/h3-4,7-8,18,24H,2,5-6,9-15H2,1H3,(H,20,21);1H. The number of β-amino-alcohol motifs (C(OH)–C–C–N with tert-alkyl or cyclic N) is 1. The van der Waals surface area contributed by atoms with Crippen LogP contribution in [0, 0.1) is 0 Å². The van der Waals surface area contributed by atoms with Crippen molar-refractivity contribution in [3.63, 3.8) is 0 Å². The Morgan fingerprint density at radius 3 is 2.64 bits per heavy atom. The normalized spacial score (nSPS) is 19.3. The fourth-order valence-corrected chi connectivity index (χ4v) is 3.61. The predicted molar refractivity (Wildman–Crippen MR) is 114 cm³/mol. The zero-order valence-electron chi connectivity index (χ0n) is 15.2. The van der Waals surface area contributed by atoms with Crippen LogP contribution >= 0.6 is 24.0 Å². The number of guanidine groups is 1. The van der Waals surface area contributed by atoms with Gasteiger partial charge >= 0.3 is 0 Å². The number of nitrogens with zero attached hydrogens (tertiary/aromatic N) is 3. The average Bonchev–Trinajstić information content (AvgIpc) is 3.13. The SMILES string of the molecule is CCNC(=NCC(O)CN1CCc2ccccc2C1)N1CCCC1.I. The van der Waals surface area contributed by atoms with E-state index in [-0.39, 0.29) is 24.0 Å². The molecular formula is C19H31IN4O. The number of hydrogen-bond donors (Lipinski definition) is 2. The first-order valence-electron chi connectivity index (χ1n) is 9.26. The number of likely N-dealkylation sites (tertiary alicyclic amines) is 1. The van der Waals surface area contributed by atoms with Crippen LogP contribution in [0.15, 0.2) is 29.3 Å². The number of halogens is 1. The zero-order chi connectivity index (χ0) is 16.8. The Kier molecular flexibility index (Phi) is 8.45. The van der Waals surface area contributed by atoms with Crippen LogP contribution in [0.4, 0.5) is 0 Å². The molecule has 0 saturated carbocycles. The first kappa shape index (κ1) is 20.5. The molecule has 1 aromatic carbocycles. The summed E-state index contributed by atoms with van der Waals surface area (Å²) in [6.45, 7) is 8.22. The van der Waals surface area contributed by atoms with Crippen molar-refractivity contribution in [3.8, 4) is 0 Å². The summed E-state index contributed by atoms with van der Waals surface area (Å²) < 4.78 is 0. The maximum Gasteiger partial charge on any atom is 0.194 e. The summed E-state index contributed by atoms with van der Waals surface area (Å²) in [6, 6.07) is 8.62. The maximum absolute atomic E-state index is 10.4. The van der Waals surface area contributed by atoms with E-state index in [4.69, 9.17) is 0 Å². The second-order valence-electron chi connectivity index (χ2n) is 6.80. The number of aliphatic imine (C=N–C) groups is 1. The lowest BCUT2D eigenvalue weighted by Gasteiger charge is -2.30. The molecule has 3 rings (SSSR count). The summed E-state index contributed by atoms with van der Waals surface area (Å²) >= 11 is 0. The third-order valence-corrected chi connectivity index (χ3v) is 4.87. The van der Waals surface area contributed by atoms with Gasteiger partial charge < -0.3 is 15.3 Å². The molecule has 2 aliphatic heterocycles. The Hall–Kier alpha value is -0.860. The Bertz CT molecular complexity index is 560. The summed E-state index contributed by atoms with van der Waals surface area (Å²) in [4.78, 5) is 9.30. The molecule has 1 atom stereocenters. The topological polar surface area (TPSA) is 51.1 Å². The number of hydrogen-bond acceptors (Lipinski definition) is 3. The van der Waals surface area contributed by atoms with Crippen molar-refractivity contribution in [2.75, 3.05) is 39.3 Å². The molecular weight excluding hydrogens is 427 g/mol. The molecule has 6 heteroatoms. The van der Waals surface area contributed by atoms with Gasteiger partial charge in [-0.2, -0.15) is 0 Å². The molecule has 2 heterocycles. The molecule has 1 saturated heterocycles. The lowest BCUT2D eigenvalue weighted by atomic mass is 10.00. The van der Waals surface area contributed by atoms with E-state index < -0.39 is 6.10 Å². The quantitative estimate of drug-likeness (QED) is 0.403. The second kappa shape index (κ2) is 10.3. The molecule has 0 amide bonds. The minimum atomic E-state index is -0.411. The van der Waals surface area contributed by atoms with Crippen molar-refractivity contribution in [2.45, 2.75) is 38.8 Å².